The van der Waals surface area contributed by atoms with E-state index in [-0.39, 0.29) is 18.0 Å². The highest BCUT2D eigenvalue weighted by Gasteiger charge is 2.08. The average molecular weight is 337 g/mol. The number of ether oxygens (including phenoxy) is 1. The number of carbonyl (C=O) groups excluding carboxylic acids is 1. The van der Waals surface area contributed by atoms with Crippen molar-refractivity contribution in [3.8, 4) is 5.75 Å². The molecule has 0 unspecified atom stereocenters. The first kappa shape index (κ1) is 14.7. The quantitative estimate of drug-likeness (QED) is 0.826. The second kappa shape index (κ2) is 6.66. The van der Waals surface area contributed by atoms with Gasteiger partial charge in [0.2, 0.25) is 0 Å². The highest BCUT2D eigenvalue weighted by molar-refractivity contribution is 9.10. The van der Waals surface area contributed by atoms with Gasteiger partial charge in [-0.1, -0.05) is 34.1 Å². The van der Waals surface area contributed by atoms with Gasteiger partial charge in [-0.25, -0.2) is 4.39 Å². The number of hydrogen-bond acceptors (Lipinski definition) is 2. The summed E-state index contributed by atoms with van der Waals surface area (Å²) in [7, 11) is 1.41. The predicted molar refractivity (Wildman–Crippen MR) is 79.5 cm³/mol. The van der Waals surface area contributed by atoms with Crippen LogP contribution >= 0.6 is 15.9 Å². The van der Waals surface area contributed by atoms with Crippen molar-refractivity contribution in [2.75, 3.05) is 7.11 Å². The van der Waals surface area contributed by atoms with Crippen LogP contribution in [0, 0.1) is 5.82 Å². The Morgan fingerprint density at radius 2 is 1.70 bits per heavy atom. The molecule has 0 atom stereocenters. The van der Waals surface area contributed by atoms with E-state index in [2.05, 4.69) is 15.9 Å². The summed E-state index contributed by atoms with van der Waals surface area (Å²) in [5, 5.41) is 0. The fraction of sp³-hybridized carbons (Fsp3) is 0.188. The van der Waals surface area contributed by atoms with Crippen molar-refractivity contribution in [2.24, 2.45) is 0 Å². The number of carbonyl (C=O) groups is 1. The van der Waals surface area contributed by atoms with Crippen LogP contribution in [0.5, 0.6) is 5.75 Å². The number of hydrogen-bond donors (Lipinski definition) is 0. The second-order valence-electron chi connectivity index (χ2n) is 4.49. The third kappa shape index (κ3) is 3.90. The average Bonchev–Trinajstić information content (AvgIpc) is 2.41. The van der Waals surface area contributed by atoms with Gasteiger partial charge >= 0.3 is 0 Å². The first-order valence-electron chi connectivity index (χ1n) is 6.17. The number of halogens is 2. The Kier molecular flexibility index (Phi) is 4.90. The zero-order valence-corrected chi connectivity index (χ0v) is 12.6. The molecular weight excluding hydrogens is 323 g/mol. The third-order valence-corrected chi connectivity index (χ3v) is 3.46. The molecule has 2 aromatic carbocycles. The van der Waals surface area contributed by atoms with Gasteiger partial charge in [0, 0.05) is 17.3 Å². The molecule has 0 saturated heterocycles. The molecule has 0 heterocycles. The van der Waals surface area contributed by atoms with Gasteiger partial charge in [-0.05, 0) is 35.4 Å². The Hall–Kier alpha value is -1.68. The minimum Gasteiger partial charge on any atom is -0.494 e. The van der Waals surface area contributed by atoms with Crippen LogP contribution in [0.2, 0.25) is 0 Å². The van der Waals surface area contributed by atoms with Crippen molar-refractivity contribution >= 4 is 21.7 Å². The van der Waals surface area contributed by atoms with Crippen LogP contribution < -0.4 is 4.74 Å². The number of ketones is 1. The zero-order valence-electron chi connectivity index (χ0n) is 11.0. The molecule has 2 nitrogen and oxygen atoms in total. The van der Waals surface area contributed by atoms with Gasteiger partial charge in [0.25, 0.3) is 0 Å². The van der Waals surface area contributed by atoms with Crippen molar-refractivity contribution in [2.45, 2.75) is 12.8 Å². The van der Waals surface area contributed by atoms with Gasteiger partial charge in [-0.15, -0.1) is 0 Å². The largest absolute Gasteiger partial charge is 0.494 e. The normalized spacial score (nSPS) is 10.3. The summed E-state index contributed by atoms with van der Waals surface area (Å²) >= 11 is 3.35. The lowest BCUT2D eigenvalue weighted by Crippen LogP contribution is -2.07. The molecule has 0 amide bonds. The SMILES string of the molecule is COc1ccc(CC(=O)Cc2ccc(Br)cc2)cc1F. The molecule has 0 aliphatic carbocycles. The topological polar surface area (TPSA) is 26.3 Å². The molecule has 0 saturated carbocycles. The Morgan fingerprint density at radius 1 is 1.10 bits per heavy atom. The molecule has 0 aliphatic heterocycles. The van der Waals surface area contributed by atoms with Crippen molar-refractivity contribution in [1.29, 1.82) is 0 Å². The molecular formula is C16H14BrFO2. The smallest absolute Gasteiger partial charge is 0.165 e. The summed E-state index contributed by atoms with van der Waals surface area (Å²) < 4.78 is 19.4. The first-order valence-corrected chi connectivity index (χ1v) is 6.96. The highest BCUT2D eigenvalue weighted by Crippen LogP contribution is 2.18. The van der Waals surface area contributed by atoms with Crippen LogP contribution in [-0.2, 0) is 17.6 Å². The Balaban J connectivity index is 2.01. The molecule has 4 heteroatoms. The van der Waals surface area contributed by atoms with E-state index in [4.69, 9.17) is 4.74 Å². The molecule has 0 bridgehead atoms. The third-order valence-electron chi connectivity index (χ3n) is 2.93. The fourth-order valence-electron chi connectivity index (χ4n) is 1.94. The molecule has 104 valence electrons. The minimum absolute atomic E-state index is 0.0527. The molecule has 0 fully saturated rings. The van der Waals surface area contributed by atoms with Crippen molar-refractivity contribution in [1.82, 2.24) is 0 Å². The predicted octanol–water partition coefficient (Wildman–Crippen LogP) is 3.95. The number of Topliss-reactive ketones (excluding diaryl/α,β-unsaturated/α-hetero) is 1. The summed E-state index contributed by atoms with van der Waals surface area (Å²) in [6.45, 7) is 0. The van der Waals surface area contributed by atoms with E-state index < -0.39 is 5.82 Å². The summed E-state index contributed by atoms with van der Waals surface area (Å²) in [5.41, 5.74) is 1.61. The van der Waals surface area contributed by atoms with E-state index in [1.807, 2.05) is 24.3 Å². The van der Waals surface area contributed by atoms with Crippen LogP contribution in [0.1, 0.15) is 11.1 Å². The maximum absolute atomic E-state index is 13.5. The molecule has 0 aromatic heterocycles. The lowest BCUT2D eigenvalue weighted by molar-refractivity contribution is -0.117. The van der Waals surface area contributed by atoms with E-state index in [0.717, 1.165) is 10.0 Å². The summed E-state index contributed by atoms with van der Waals surface area (Å²) in [6.07, 6.45) is 0.567. The second-order valence-corrected chi connectivity index (χ2v) is 5.40. The molecule has 0 aliphatic rings. The first-order chi connectivity index (χ1) is 9.58. The van der Waals surface area contributed by atoms with E-state index in [9.17, 15) is 9.18 Å². The number of benzene rings is 2. The number of rotatable bonds is 5. The highest BCUT2D eigenvalue weighted by atomic mass is 79.9. The zero-order chi connectivity index (χ0) is 14.5. The van der Waals surface area contributed by atoms with Crippen LogP contribution in [0.15, 0.2) is 46.9 Å². The Labute approximate surface area is 125 Å². The molecule has 2 aromatic rings. The van der Waals surface area contributed by atoms with Crippen LogP contribution in [-0.4, -0.2) is 12.9 Å². The van der Waals surface area contributed by atoms with Crippen molar-refractivity contribution in [3.05, 3.63) is 63.9 Å². The molecule has 0 spiro atoms. The van der Waals surface area contributed by atoms with Crippen molar-refractivity contribution < 1.29 is 13.9 Å². The van der Waals surface area contributed by atoms with E-state index in [1.165, 1.54) is 19.2 Å². The van der Waals surface area contributed by atoms with Crippen LogP contribution in [0.3, 0.4) is 0 Å². The van der Waals surface area contributed by atoms with Gasteiger partial charge in [-0.3, -0.25) is 4.79 Å². The monoisotopic (exact) mass is 336 g/mol. The van der Waals surface area contributed by atoms with Gasteiger partial charge in [0.05, 0.1) is 7.11 Å². The molecule has 2 rings (SSSR count). The summed E-state index contributed by atoms with van der Waals surface area (Å²) in [4.78, 5) is 12.0. The van der Waals surface area contributed by atoms with E-state index in [0.29, 0.717) is 12.0 Å². The van der Waals surface area contributed by atoms with Crippen LogP contribution in [0.25, 0.3) is 0 Å². The number of methoxy groups -OCH3 is 1. The molecule has 0 radical (unpaired) electrons. The standard InChI is InChI=1S/C16H14BrFO2/c1-20-16-7-4-12(10-15(16)18)9-14(19)8-11-2-5-13(17)6-3-11/h2-7,10H,8-9H2,1H3. The lowest BCUT2D eigenvalue weighted by Gasteiger charge is -2.05. The van der Waals surface area contributed by atoms with E-state index >= 15 is 0 Å². The molecule has 0 N–H and O–H groups in total. The van der Waals surface area contributed by atoms with Gasteiger partial charge in [-0.2, -0.15) is 0 Å². The summed E-state index contributed by atoms with van der Waals surface area (Å²) in [5.74, 6) is -0.201. The Morgan fingerprint density at radius 3 is 2.30 bits per heavy atom. The van der Waals surface area contributed by atoms with E-state index in [1.54, 1.807) is 6.07 Å². The maximum Gasteiger partial charge on any atom is 0.165 e. The van der Waals surface area contributed by atoms with Gasteiger partial charge < -0.3 is 4.74 Å². The van der Waals surface area contributed by atoms with Crippen LogP contribution in [0.4, 0.5) is 4.39 Å². The Bertz CT molecular complexity index is 608. The molecule has 20 heavy (non-hydrogen) atoms. The summed E-state index contributed by atoms with van der Waals surface area (Å²) in [6, 6.07) is 12.2. The fourth-order valence-corrected chi connectivity index (χ4v) is 2.20. The van der Waals surface area contributed by atoms with Gasteiger partial charge in [0.15, 0.2) is 11.6 Å². The lowest BCUT2D eigenvalue weighted by atomic mass is 10.0. The van der Waals surface area contributed by atoms with Gasteiger partial charge in [0.1, 0.15) is 5.78 Å². The minimum atomic E-state index is -0.443. The van der Waals surface area contributed by atoms with Crippen molar-refractivity contribution in [3.63, 3.8) is 0 Å². The maximum atomic E-state index is 13.5.